The van der Waals surface area contributed by atoms with Crippen molar-refractivity contribution in [1.82, 2.24) is 4.90 Å². The molecule has 1 aromatic rings. The van der Waals surface area contributed by atoms with Gasteiger partial charge in [0.15, 0.2) is 11.6 Å². The molecule has 1 fully saturated rings. The zero-order chi connectivity index (χ0) is 15.6. The molecule has 2 rings (SSSR count). The van der Waals surface area contributed by atoms with Crippen LogP contribution in [-0.4, -0.2) is 29.8 Å². The van der Waals surface area contributed by atoms with E-state index in [1.165, 1.54) is 19.9 Å². The van der Waals surface area contributed by atoms with Gasteiger partial charge in [-0.25, -0.2) is 8.78 Å². The van der Waals surface area contributed by atoms with Gasteiger partial charge in [-0.2, -0.15) is 0 Å². The molecule has 0 spiro atoms. The second kappa shape index (κ2) is 5.79. The average molecular weight is 296 g/mol. The summed E-state index contributed by atoms with van der Waals surface area (Å²) in [7, 11) is 0. The van der Waals surface area contributed by atoms with Crippen molar-refractivity contribution in [2.45, 2.75) is 26.7 Å². The monoisotopic (exact) mass is 296 g/mol. The van der Waals surface area contributed by atoms with E-state index in [4.69, 9.17) is 0 Å². The molecule has 0 aliphatic carbocycles. The van der Waals surface area contributed by atoms with Crippen LogP contribution in [-0.2, 0) is 9.59 Å². The van der Waals surface area contributed by atoms with Gasteiger partial charge in [0.25, 0.3) is 0 Å². The molecule has 21 heavy (non-hydrogen) atoms. The minimum atomic E-state index is -1.25. The first-order valence-corrected chi connectivity index (χ1v) is 6.88. The fourth-order valence-corrected chi connectivity index (χ4v) is 2.27. The fourth-order valence-electron chi connectivity index (χ4n) is 2.27. The van der Waals surface area contributed by atoms with Crippen LogP contribution in [0.5, 0.6) is 0 Å². The lowest BCUT2D eigenvalue weighted by atomic mass is 9.90. The number of halogens is 2. The largest absolute Gasteiger partial charge is 0.342 e. The molecule has 114 valence electrons. The number of anilines is 1. The van der Waals surface area contributed by atoms with Crippen molar-refractivity contribution in [3.63, 3.8) is 0 Å². The van der Waals surface area contributed by atoms with Crippen LogP contribution in [0.25, 0.3) is 0 Å². The number of hydrogen-bond acceptors (Lipinski definition) is 2. The minimum absolute atomic E-state index is 0.126. The summed E-state index contributed by atoms with van der Waals surface area (Å²) in [6.07, 6.45) is 1.87. The lowest BCUT2D eigenvalue weighted by Crippen LogP contribution is -2.46. The third-order valence-electron chi connectivity index (χ3n) is 3.67. The third-order valence-corrected chi connectivity index (χ3v) is 3.67. The van der Waals surface area contributed by atoms with Gasteiger partial charge in [0.1, 0.15) is 5.41 Å². The molecule has 6 heteroatoms. The normalized spacial score (nSPS) is 15.1. The molecule has 1 heterocycles. The van der Waals surface area contributed by atoms with Crippen LogP contribution in [0.3, 0.4) is 0 Å². The average Bonchev–Trinajstić information content (AvgIpc) is 2.95. The first-order valence-electron chi connectivity index (χ1n) is 6.88. The van der Waals surface area contributed by atoms with Crippen LogP contribution in [0.1, 0.15) is 26.7 Å². The molecule has 0 bridgehead atoms. The summed E-state index contributed by atoms with van der Waals surface area (Å²) in [6.45, 7) is 4.37. The first-order chi connectivity index (χ1) is 9.82. The Morgan fingerprint density at radius 2 is 1.76 bits per heavy atom. The van der Waals surface area contributed by atoms with E-state index in [-0.39, 0.29) is 11.6 Å². The molecule has 1 saturated heterocycles. The highest BCUT2D eigenvalue weighted by atomic mass is 19.2. The van der Waals surface area contributed by atoms with Crippen LogP contribution < -0.4 is 5.32 Å². The lowest BCUT2D eigenvalue weighted by molar-refractivity contribution is -0.145. The molecule has 0 unspecified atom stereocenters. The Labute approximate surface area is 122 Å². The standard InChI is InChI=1S/C15H18F2N2O2/c1-15(2,14(21)19-7-3-4-8-19)13(20)18-10-5-6-11(16)12(17)9-10/h5-6,9H,3-4,7-8H2,1-2H3,(H,18,20). The molecule has 1 aromatic carbocycles. The Balaban J connectivity index is 2.10. The van der Waals surface area contributed by atoms with Gasteiger partial charge >= 0.3 is 0 Å². The van der Waals surface area contributed by atoms with Crippen LogP contribution in [0, 0.1) is 17.0 Å². The Morgan fingerprint density at radius 3 is 2.33 bits per heavy atom. The summed E-state index contributed by atoms with van der Waals surface area (Å²) in [6, 6.07) is 3.08. The predicted molar refractivity (Wildman–Crippen MR) is 74.6 cm³/mol. The van der Waals surface area contributed by atoms with E-state index in [0.29, 0.717) is 13.1 Å². The van der Waals surface area contributed by atoms with Crippen LogP contribution in [0.2, 0.25) is 0 Å². The topological polar surface area (TPSA) is 49.4 Å². The maximum atomic E-state index is 13.1. The second-order valence-corrected chi connectivity index (χ2v) is 5.71. The maximum Gasteiger partial charge on any atom is 0.239 e. The van der Waals surface area contributed by atoms with Gasteiger partial charge in [0.05, 0.1) is 0 Å². The molecule has 0 saturated carbocycles. The minimum Gasteiger partial charge on any atom is -0.342 e. The van der Waals surface area contributed by atoms with Crippen molar-refractivity contribution < 1.29 is 18.4 Å². The molecular weight excluding hydrogens is 278 g/mol. The number of amides is 2. The smallest absolute Gasteiger partial charge is 0.239 e. The van der Waals surface area contributed by atoms with E-state index in [1.807, 2.05) is 0 Å². The highest BCUT2D eigenvalue weighted by Crippen LogP contribution is 2.24. The van der Waals surface area contributed by atoms with Gasteiger partial charge < -0.3 is 10.2 Å². The molecule has 0 radical (unpaired) electrons. The van der Waals surface area contributed by atoms with E-state index in [9.17, 15) is 18.4 Å². The molecule has 1 aliphatic heterocycles. The van der Waals surface area contributed by atoms with Crippen molar-refractivity contribution in [2.24, 2.45) is 5.41 Å². The number of likely N-dealkylation sites (tertiary alicyclic amines) is 1. The summed E-state index contributed by atoms with van der Waals surface area (Å²) >= 11 is 0. The quantitative estimate of drug-likeness (QED) is 0.871. The Morgan fingerprint density at radius 1 is 1.14 bits per heavy atom. The third kappa shape index (κ3) is 3.20. The second-order valence-electron chi connectivity index (χ2n) is 5.71. The zero-order valence-corrected chi connectivity index (χ0v) is 12.1. The van der Waals surface area contributed by atoms with E-state index < -0.39 is 23.0 Å². The number of rotatable bonds is 3. The molecular formula is C15H18F2N2O2. The van der Waals surface area contributed by atoms with Gasteiger partial charge in [0, 0.05) is 24.8 Å². The highest BCUT2D eigenvalue weighted by Gasteiger charge is 2.39. The van der Waals surface area contributed by atoms with E-state index in [1.54, 1.807) is 4.90 Å². The number of carbonyl (C=O) groups is 2. The number of hydrogen-bond donors (Lipinski definition) is 1. The van der Waals surface area contributed by atoms with Crippen molar-refractivity contribution in [3.8, 4) is 0 Å². The van der Waals surface area contributed by atoms with E-state index in [0.717, 1.165) is 25.0 Å². The summed E-state index contributed by atoms with van der Waals surface area (Å²) in [5.41, 5.74) is -1.13. The Bertz CT molecular complexity index is 567. The van der Waals surface area contributed by atoms with Crippen molar-refractivity contribution in [3.05, 3.63) is 29.8 Å². The maximum absolute atomic E-state index is 13.1. The predicted octanol–water partition coefficient (Wildman–Crippen LogP) is 2.55. The van der Waals surface area contributed by atoms with Crippen LogP contribution in [0.15, 0.2) is 18.2 Å². The Kier molecular flexibility index (Phi) is 4.25. The summed E-state index contributed by atoms with van der Waals surface area (Å²) in [5.74, 6) is -2.82. The summed E-state index contributed by atoms with van der Waals surface area (Å²) in [4.78, 5) is 26.3. The van der Waals surface area contributed by atoms with Gasteiger partial charge in [-0.15, -0.1) is 0 Å². The molecule has 2 amide bonds. The molecule has 1 N–H and O–H groups in total. The van der Waals surface area contributed by atoms with Crippen molar-refractivity contribution in [1.29, 1.82) is 0 Å². The Hall–Kier alpha value is -1.98. The van der Waals surface area contributed by atoms with E-state index >= 15 is 0 Å². The summed E-state index contributed by atoms with van der Waals surface area (Å²) in [5, 5.41) is 2.46. The molecule has 4 nitrogen and oxygen atoms in total. The van der Waals surface area contributed by atoms with Crippen LogP contribution >= 0.6 is 0 Å². The van der Waals surface area contributed by atoms with Gasteiger partial charge in [-0.1, -0.05) is 0 Å². The van der Waals surface area contributed by atoms with Crippen LogP contribution in [0.4, 0.5) is 14.5 Å². The summed E-state index contributed by atoms with van der Waals surface area (Å²) < 4.78 is 26.0. The van der Waals surface area contributed by atoms with Gasteiger partial charge in [0.2, 0.25) is 11.8 Å². The zero-order valence-electron chi connectivity index (χ0n) is 12.1. The fraction of sp³-hybridized carbons (Fsp3) is 0.467. The number of nitrogens with one attached hydrogen (secondary N) is 1. The van der Waals surface area contributed by atoms with Gasteiger partial charge in [-0.05, 0) is 38.8 Å². The van der Waals surface area contributed by atoms with E-state index in [2.05, 4.69) is 5.32 Å². The highest BCUT2D eigenvalue weighted by molar-refractivity contribution is 6.09. The lowest BCUT2D eigenvalue weighted by Gasteiger charge is -2.28. The molecule has 0 aromatic heterocycles. The van der Waals surface area contributed by atoms with Crippen molar-refractivity contribution in [2.75, 3.05) is 18.4 Å². The van der Waals surface area contributed by atoms with Gasteiger partial charge in [-0.3, -0.25) is 9.59 Å². The van der Waals surface area contributed by atoms with Crippen molar-refractivity contribution >= 4 is 17.5 Å². The number of benzene rings is 1. The molecule has 1 aliphatic rings. The molecule has 0 atom stereocenters. The number of carbonyl (C=O) groups excluding carboxylic acids is 2. The number of nitrogens with zero attached hydrogens (tertiary/aromatic N) is 1. The first kappa shape index (κ1) is 15.4. The SMILES string of the molecule is CC(C)(C(=O)Nc1ccc(F)c(F)c1)C(=O)N1CCCC1.